The Hall–Kier alpha value is -3.26. The molecule has 1 amide bonds. The van der Waals surface area contributed by atoms with Gasteiger partial charge in [0.25, 0.3) is 0 Å². The fraction of sp³-hybridized carbons (Fsp3) is 0.217. The summed E-state index contributed by atoms with van der Waals surface area (Å²) in [5, 5.41) is 5.58. The third-order valence-electron chi connectivity index (χ3n) is 5.48. The summed E-state index contributed by atoms with van der Waals surface area (Å²) in [7, 11) is 0. The molecule has 2 aromatic heterocycles. The van der Waals surface area contributed by atoms with E-state index in [1.807, 2.05) is 24.0 Å². The van der Waals surface area contributed by atoms with E-state index in [-0.39, 0.29) is 17.0 Å². The van der Waals surface area contributed by atoms with E-state index >= 15 is 0 Å². The molecule has 8 heteroatoms. The Morgan fingerprint density at radius 3 is 2.68 bits per heavy atom. The van der Waals surface area contributed by atoms with Gasteiger partial charge < -0.3 is 4.90 Å². The number of benzene rings is 2. The number of nitrogens with zero attached hydrogens (tertiary/aromatic N) is 5. The molecule has 0 fully saturated rings. The molecule has 1 aliphatic heterocycles. The zero-order valence-corrected chi connectivity index (χ0v) is 17.7. The van der Waals surface area contributed by atoms with Crippen molar-refractivity contribution < 1.29 is 9.18 Å². The smallest absolute Gasteiger partial charge is 0.236 e. The number of hydrogen-bond donors (Lipinski definition) is 0. The topological polar surface area (TPSA) is 63.9 Å². The third-order valence-corrected chi connectivity index (χ3v) is 6.58. The van der Waals surface area contributed by atoms with Crippen LogP contribution in [0.2, 0.25) is 0 Å². The molecule has 0 radical (unpaired) electrons. The standard InChI is InChI=1S/C23H20FN5OS/c1-15(23(30)28-11-10-16-4-2-3-5-17(16)13-28)31-22-20-12-27-29(21(20)25-14-26-22)19-8-6-18(24)7-9-19/h2-9,12,14-15H,10-11,13H2,1H3. The van der Waals surface area contributed by atoms with Crippen molar-refractivity contribution in [3.05, 3.63) is 78.0 Å². The summed E-state index contributed by atoms with van der Waals surface area (Å²) in [4.78, 5) is 23.8. The summed E-state index contributed by atoms with van der Waals surface area (Å²) in [5.41, 5.74) is 3.86. The van der Waals surface area contributed by atoms with Gasteiger partial charge in [-0.25, -0.2) is 19.0 Å². The van der Waals surface area contributed by atoms with Gasteiger partial charge in [0.15, 0.2) is 5.65 Å². The first-order valence-electron chi connectivity index (χ1n) is 10.1. The molecule has 1 unspecified atom stereocenters. The lowest BCUT2D eigenvalue weighted by molar-refractivity contribution is -0.131. The van der Waals surface area contributed by atoms with Gasteiger partial charge in [-0.2, -0.15) is 5.10 Å². The van der Waals surface area contributed by atoms with Crippen LogP contribution in [0.4, 0.5) is 4.39 Å². The van der Waals surface area contributed by atoms with E-state index in [4.69, 9.17) is 0 Å². The highest BCUT2D eigenvalue weighted by Gasteiger charge is 2.26. The predicted octanol–water partition coefficient (Wildman–Crippen LogP) is 4.02. The Kier molecular flexibility index (Phi) is 5.15. The Morgan fingerprint density at radius 1 is 1.10 bits per heavy atom. The molecule has 156 valence electrons. The lowest BCUT2D eigenvalue weighted by atomic mass is 10.00. The van der Waals surface area contributed by atoms with E-state index in [2.05, 4.69) is 27.2 Å². The first kappa shape index (κ1) is 19.7. The van der Waals surface area contributed by atoms with Gasteiger partial charge in [-0.1, -0.05) is 36.0 Å². The van der Waals surface area contributed by atoms with Crippen molar-refractivity contribution >= 4 is 28.7 Å². The van der Waals surface area contributed by atoms with Gasteiger partial charge in [-0.3, -0.25) is 4.79 Å². The summed E-state index contributed by atoms with van der Waals surface area (Å²) in [6.45, 7) is 3.27. The Bertz CT molecular complexity index is 1260. The summed E-state index contributed by atoms with van der Waals surface area (Å²) >= 11 is 1.41. The number of rotatable bonds is 4. The van der Waals surface area contributed by atoms with Crippen LogP contribution in [-0.4, -0.2) is 42.4 Å². The highest BCUT2D eigenvalue weighted by molar-refractivity contribution is 8.00. The molecule has 0 bridgehead atoms. The lowest BCUT2D eigenvalue weighted by Crippen LogP contribution is -2.40. The van der Waals surface area contributed by atoms with Crippen LogP contribution in [-0.2, 0) is 17.8 Å². The van der Waals surface area contributed by atoms with E-state index in [1.165, 1.54) is 41.3 Å². The molecule has 0 saturated carbocycles. The van der Waals surface area contributed by atoms with Crippen LogP contribution in [0, 0.1) is 5.82 Å². The van der Waals surface area contributed by atoms with Crippen LogP contribution >= 0.6 is 11.8 Å². The lowest BCUT2D eigenvalue weighted by Gasteiger charge is -2.30. The van der Waals surface area contributed by atoms with Gasteiger partial charge >= 0.3 is 0 Å². The maximum Gasteiger partial charge on any atom is 0.236 e. The van der Waals surface area contributed by atoms with Gasteiger partial charge in [0.05, 0.1) is 22.5 Å². The maximum absolute atomic E-state index is 13.3. The van der Waals surface area contributed by atoms with Crippen LogP contribution in [0.1, 0.15) is 18.1 Å². The highest BCUT2D eigenvalue weighted by atomic mass is 32.2. The second kappa shape index (κ2) is 8.11. The molecule has 5 rings (SSSR count). The minimum absolute atomic E-state index is 0.0946. The molecule has 6 nitrogen and oxygen atoms in total. The molecule has 0 aliphatic carbocycles. The quantitative estimate of drug-likeness (QED) is 0.359. The molecular formula is C23H20FN5OS. The second-order valence-corrected chi connectivity index (χ2v) is 8.82. The van der Waals surface area contributed by atoms with Crippen molar-refractivity contribution in [2.75, 3.05) is 6.54 Å². The molecule has 0 N–H and O–H groups in total. The molecular weight excluding hydrogens is 413 g/mol. The van der Waals surface area contributed by atoms with Crippen molar-refractivity contribution in [1.29, 1.82) is 0 Å². The van der Waals surface area contributed by atoms with Crippen molar-refractivity contribution in [2.24, 2.45) is 0 Å². The van der Waals surface area contributed by atoms with Gasteiger partial charge in [0.1, 0.15) is 17.2 Å². The van der Waals surface area contributed by atoms with E-state index in [0.29, 0.717) is 22.9 Å². The molecule has 0 spiro atoms. The molecule has 2 aromatic carbocycles. The maximum atomic E-state index is 13.3. The van der Waals surface area contributed by atoms with Crippen molar-refractivity contribution in [3.63, 3.8) is 0 Å². The number of carbonyl (C=O) groups is 1. The molecule has 1 atom stereocenters. The molecule has 1 aliphatic rings. The highest BCUT2D eigenvalue weighted by Crippen LogP contribution is 2.30. The average Bonchev–Trinajstić information content (AvgIpc) is 3.24. The number of amides is 1. The Labute approximate surface area is 183 Å². The van der Waals surface area contributed by atoms with Crippen molar-refractivity contribution in [3.8, 4) is 5.69 Å². The number of carbonyl (C=O) groups excluding carboxylic acids is 1. The van der Waals surface area contributed by atoms with Gasteiger partial charge in [-0.15, -0.1) is 0 Å². The number of fused-ring (bicyclic) bond motifs is 2. The first-order chi connectivity index (χ1) is 15.1. The van der Waals surface area contributed by atoms with Crippen LogP contribution in [0.25, 0.3) is 16.7 Å². The third kappa shape index (κ3) is 3.79. The van der Waals surface area contributed by atoms with Crippen LogP contribution in [0.3, 0.4) is 0 Å². The summed E-state index contributed by atoms with van der Waals surface area (Å²) < 4.78 is 14.9. The minimum atomic E-state index is -0.307. The summed E-state index contributed by atoms with van der Waals surface area (Å²) in [6, 6.07) is 14.3. The van der Waals surface area contributed by atoms with Crippen molar-refractivity contribution in [2.45, 2.75) is 30.2 Å². The molecule has 4 aromatic rings. The normalized spacial score (nSPS) is 14.5. The summed E-state index contributed by atoms with van der Waals surface area (Å²) in [5.74, 6) is -0.212. The monoisotopic (exact) mass is 433 g/mol. The number of halogens is 1. The van der Waals surface area contributed by atoms with Gasteiger partial charge in [0.2, 0.25) is 5.91 Å². The van der Waals surface area contributed by atoms with Crippen molar-refractivity contribution in [1.82, 2.24) is 24.6 Å². The van der Waals surface area contributed by atoms with E-state index in [1.54, 1.807) is 23.0 Å². The Morgan fingerprint density at radius 2 is 1.87 bits per heavy atom. The van der Waals surface area contributed by atoms with Crippen LogP contribution in [0.15, 0.2) is 66.1 Å². The minimum Gasteiger partial charge on any atom is -0.337 e. The molecule has 3 heterocycles. The predicted molar refractivity (Wildman–Crippen MR) is 118 cm³/mol. The van der Waals surface area contributed by atoms with Gasteiger partial charge in [0, 0.05) is 13.1 Å². The second-order valence-electron chi connectivity index (χ2n) is 7.49. The zero-order valence-electron chi connectivity index (χ0n) is 16.9. The fourth-order valence-corrected chi connectivity index (χ4v) is 4.81. The molecule has 0 saturated heterocycles. The number of hydrogen-bond acceptors (Lipinski definition) is 5. The zero-order chi connectivity index (χ0) is 21.4. The Balaban J connectivity index is 1.37. The van der Waals surface area contributed by atoms with E-state index in [0.717, 1.165) is 18.4 Å². The fourth-order valence-electron chi connectivity index (χ4n) is 3.85. The number of aromatic nitrogens is 4. The SMILES string of the molecule is CC(Sc1ncnc2c1cnn2-c1ccc(F)cc1)C(=O)N1CCc2ccccc2C1. The average molecular weight is 434 g/mol. The number of thioether (sulfide) groups is 1. The van der Waals surface area contributed by atoms with Crippen LogP contribution in [0.5, 0.6) is 0 Å². The van der Waals surface area contributed by atoms with Gasteiger partial charge in [-0.05, 0) is 48.7 Å². The first-order valence-corrected chi connectivity index (χ1v) is 10.9. The van der Waals surface area contributed by atoms with E-state index in [9.17, 15) is 9.18 Å². The van der Waals surface area contributed by atoms with E-state index < -0.39 is 0 Å². The summed E-state index contributed by atoms with van der Waals surface area (Å²) in [6.07, 6.45) is 4.04. The largest absolute Gasteiger partial charge is 0.337 e. The van der Waals surface area contributed by atoms with Crippen LogP contribution < -0.4 is 0 Å². The molecule has 31 heavy (non-hydrogen) atoms.